The average Bonchev–Trinajstić information content (AvgIpc) is 3.37. The van der Waals surface area contributed by atoms with Crippen molar-refractivity contribution in [2.24, 2.45) is 0 Å². The maximum absolute atomic E-state index is 13.9. The summed E-state index contributed by atoms with van der Waals surface area (Å²) >= 11 is 12.3. The van der Waals surface area contributed by atoms with Crippen molar-refractivity contribution in [1.29, 1.82) is 0 Å². The van der Waals surface area contributed by atoms with Gasteiger partial charge in [0.2, 0.25) is 11.8 Å². The van der Waals surface area contributed by atoms with Gasteiger partial charge in [0.15, 0.2) is 0 Å². The topological polar surface area (TPSA) is 90.0 Å². The lowest BCUT2D eigenvalue weighted by atomic mass is 10.1. The molecule has 1 N–H and O–H groups in total. The van der Waals surface area contributed by atoms with E-state index in [-0.39, 0.29) is 18.5 Å². The van der Waals surface area contributed by atoms with Crippen LogP contribution in [0.5, 0.6) is 0 Å². The molecule has 202 valence electrons. The lowest BCUT2D eigenvalue weighted by Crippen LogP contribution is -2.54. The number of carbonyl (C=O) groups excluding carboxylic acids is 2. The zero-order chi connectivity index (χ0) is 27.2. The monoisotopic (exact) mass is 568 g/mol. The molecule has 0 bridgehead atoms. The third kappa shape index (κ3) is 7.37. The van der Waals surface area contributed by atoms with Gasteiger partial charge in [0.05, 0.1) is 15.7 Å². The molecule has 2 aromatic carbocycles. The summed E-state index contributed by atoms with van der Waals surface area (Å²) < 4.78 is 28.5. The normalized spacial score (nSPS) is 15.0. The molecule has 0 aliphatic heterocycles. The summed E-state index contributed by atoms with van der Waals surface area (Å²) in [5, 5.41) is 3.79. The summed E-state index contributed by atoms with van der Waals surface area (Å²) in [6, 6.07) is 12.7. The van der Waals surface area contributed by atoms with Gasteiger partial charge in [0.25, 0.3) is 0 Å². The Hall–Kier alpha value is -2.33. The Labute approximate surface area is 229 Å². The van der Waals surface area contributed by atoms with Crippen LogP contribution in [0.25, 0.3) is 0 Å². The first kappa shape index (κ1) is 29.2. The van der Waals surface area contributed by atoms with Gasteiger partial charge in [-0.3, -0.25) is 9.59 Å². The third-order valence-electron chi connectivity index (χ3n) is 6.49. The minimum Gasteiger partial charge on any atom is -0.352 e. The van der Waals surface area contributed by atoms with Crippen LogP contribution in [0.3, 0.4) is 0 Å². The van der Waals surface area contributed by atoms with E-state index >= 15 is 0 Å². The standard InChI is InChI=1S/C26H34Cl2N4O4S/c1-4-24(26(34)29-20-10-8-9-11-20)31(17-19-14-15-22(27)23(28)16-19)25(33)18-32(37(35,36)30(2)3)21-12-6-5-7-13-21/h5-7,12-16,20,24H,4,8-11,17-18H2,1-3H3,(H,29,34)/t24-/m0/s1. The number of carbonyl (C=O) groups is 2. The Morgan fingerprint density at radius 2 is 1.68 bits per heavy atom. The summed E-state index contributed by atoms with van der Waals surface area (Å²) in [5.41, 5.74) is 1.03. The SMILES string of the molecule is CC[C@@H](C(=O)NC1CCCC1)N(Cc1ccc(Cl)c(Cl)c1)C(=O)CN(c1ccccc1)S(=O)(=O)N(C)C. The summed E-state index contributed by atoms with van der Waals surface area (Å²) in [6.07, 6.45) is 4.29. The lowest BCUT2D eigenvalue weighted by molar-refractivity contribution is -0.140. The highest BCUT2D eigenvalue weighted by molar-refractivity contribution is 7.90. The number of nitrogens with one attached hydrogen (secondary N) is 1. The van der Waals surface area contributed by atoms with Crippen LogP contribution < -0.4 is 9.62 Å². The van der Waals surface area contributed by atoms with Crippen LogP contribution in [0.2, 0.25) is 10.0 Å². The van der Waals surface area contributed by atoms with Crippen LogP contribution in [-0.4, -0.2) is 62.2 Å². The fraction of sp³-hybridized carbons (Fsp3) is 0.462. The first-order chi connectivity index (χ1) is 17.5. The average molecular weight is 570 g/mol. The van der Waals surface area contributed by atoms with Crippen molar-refractivity contribution >= 4 is 50.9 Å². The molecule has 0 aromatic heterocycles. The highest BCUT2D eigenvalue weighted by atomic mass is 35.5. The zero-order valence-electron chi connectivity index (χ0n) is 21.4. The number of para-hydroxylation sites is 1. The quantitative estimate of drug-likeness (QED) is 0.433. The van der Waals surface area contributed by atoms with Crippen molar-refractivity contribution in [3.63, 3.8) is 0 Å². The largest absolute Gasteiger partial charge is 0.352 e. The van der Waals surface area contributed by atoms with Gasteiger partial charge >= 0.3 is 10.2 Å². The summed E-state index contributed by atoms with van der Waals surface area (Å²) in [5.74, 6) is -0.752. The Morgan fingerprint density at radius 3 is 2.24 bits per heavy atom. The summed E-state index contributed by atoms with van der Waals surface area (Å²) in [4.78, 5) is 28.6. The first-order valence-corrected chi connectivity index (χ1v) is 14.5. The fourth-order valence-electron chi connectivity index (χ4n) is 4.43. The van der Waals surface area contributed by atoms with Crippen LogP contribution in [-0.2, 0) is 26.3 Å². The number of benzene rings is 2. The number of nitrogens with zero attached hydrogens (tertiary/aromatic N) is 3. The van der Waals surface area contributed by atoms with Gasteiger partial charge in [-0.1, -0.05) is 67.2 Å². The van der Waals surface area contributed by atoms with E-state index in [9.17, 15) is 18.0 Å². The van der Waals surface area contributed by atoms with E-state index in [0.29, 0.717) is 27.7 Å². The van der Waals surface area contributed by atoms with Crippen molar-refractivity contribution in [1.82, 2.24) is 14.5 Å². The maximum atomic E-state index is 13.9. The molecule has 1 atom stereocenters. The van der Waals surface area contributed by atoms with Crippen molar-refractivity contribution in [2.45, 2.75) is 57.7 Å². The molecule has 1 aliphatic rings. The molecule has 1 saturated carbocycles. The van der Waals surface area contributed by atoms with E-state index in [2.05, 4.69) is 5.32 Å². The molecule has 0 spiro atoms. The van der Waals surface area contributed by atoms with Crippen LogP contribution in [0, 0.1) is 0 Å². The number of amides is 2. The molecule has 3 rings (SSSR count). The highest BCUT2D eigenvalue weighted by Gasteiger charge is 2.34. The van der Waals surface area contributed by atoms with E-state index in [0.717, 1.165) is 34.3 Å². The molecule has 1 fully saturated rings. The summed E-state index contributed by atoms with van der Waals surface area (Å²) in [7, 11) is -1.18. The van der Waals surface area contributed by atoms with Crippen molar-refractivity contribution in [2.75, 3.05) is 24.9 Å². The molecule has 2 amide bonds. The molecule has 0 radical (unpaired) electrons. The second kappa shape index (κ2) is 13.0. The molecule has 2 aromatic rings. The van der Waals surface area contributed by atoms with Crippen LogP contribution in [0.15, 0.2) is 48.5 Å². The van der Waals surface area contributed by atoms with Gasteiger partial charge in [-0.25, -0.2) is 4.31 Å². The summed E-state index contributed by atoms with van der Waals surface area (Å²) in [6.45, 7) is 1.43. The Balaban J connectivity index is 1.96. The minimum absolute atomic E-state index is 0.0664. The van der Waals surface area contributed by atoms with Crippen LogP contribution in [0.4, 0.5) is 5.69 Å². The molecule has 8 nitrogen and oxygen atoms in total. The predicted molar refractivity (Wildman–Crippen MR) is 148 cm³/mol. The van der Waals surface area contributed by atoms with Gasteiger partial charge in [-0.15, -0.1) is 0 Å². The molecule has 11 heteroatoms. The fourth-order valence-corrected chi connectivity index (χ4v) is 5.81. The molecule has 0 saturated heterocycles. The van der Waals surface area contributed by atoms with Crippen molar-refractivity contribution in [3.05, 3.63) is 64.1 Å². The molecule has 0 heterocycles. The van der Waals surface area contributed by atoms with Crippen LogP contribution in [0.1, 0.15) is 44.6 Å². The number of halogens is 2. The Bertz CT molecular complexity index is 1190. The molecular weight excluding hydrogens is 535 g/mol. The zero-order valence-corrected chi connectivity index (χ0v) is 23.7. The second-order valence-corrected chi connectivity index (χ2v) is 12.2. The minimum atomic E-state index is -4.00. The number of anilines is 1. The van der Waals surface area contributed by atoms with Gasteiger partial charge in [0.1, 0.15) is 12.6 Å². The third-order valence-corrected chi connectivity index (χ3v) is 9.05. The van der Waals surface area contributed by atoms with Gasteiger partial charge in [0, 0.05) is 26.7 Å². The van der Waals surface area contributed by atoms with Crippen LogP contribution >= 0.6 is 23.2 Å². The van der Waals surface area contributed by atoms with Crippen molar-refractivity contribution in [3.8, 4) is 0 Å². The van der Waals surface area contributed by atoms with Crippen molar-refractivity contribution < 1.29 is 18.0 Å². The first-order valence-electron chi connectivity index (χ1n) is 12.3. The van der Waals surface area contributed by atoms with E-state index in [1.807, 2.05) is 6.92 Å². The lowest BCUT2D eigenvalue weighted by Gasteiger charge is -2.34. The Kier molecular flexibility index (Phi) is 10.2. The molecule has 0 unspecified atom stereocenters. The van der Waals surface area contributed by atoms with E-state index in [4.69, 9.17) is 23.2 Å². The maximum Gasteiger partial charge on any atom is 0.304 e. The van der Waals surface area contributed by atoms with E-state index in [1.165, 1.54) is 19.0 Å². The van der Waals surface area contributed by atoms with E-state index in [1.54, 1.807) is 48.5 Å². The number of rotatable bonds is 11. The molecular formula is C26H34Cl2N4O4S. The van der Waals surface area contributed by atoms with Gasteiger partial charge in [-0.05, 0) is 49.1 Å². The predicted octanol–water partition coefficient (Wildman–Crippen LogP) is 4.47. The Morgan fingerprint density at radius 1 is 1.03 bits per heavy atom. The van der Waals surface area contributed by atoms with Gasteiger partial charge < -0.3 is 10.2 Å². The molecule has 37 heavy (non-hydrogen) atoms. The number of hydrogen-bond donors (Lipinski definition) is 1. The van der Waals surface area contributed by atoms with Gasteiger partial charge in [-0.2, -0.15) is 12.7 Å². The molecule has 1 aliphatic carbocycles. The number of hydrogen-bond acceptors (Lipinski definition) is 4. The second-order valence-electron chi connectivity index (χ2n) is 9.32. The van der Waals surface area contributed by atoms with E-state index < -0.39 is 28.7 Å². The highest BCUT2D eigenvalue weighted by Crippen LogP contribution is 2.25. The smallest absolute Gasteiger partial charge is 0.304 e.